The highest BCUT2D eigenvalue weighted by Gasteiger charge is 2.47. The predicted octanol–water partition coefficient (Wildman–Crippen LogP) is 2.32. The molecule has 1 aliphatic rings. The largest absolute Gasteiger partial charge is 0.467 e. The van der Waals surface area contributed by atoms with Gasteiger partial charge in [-0.3, -0.25) is 0 Å². The molecule has 0 spiro atoms. The van der Waals surface area contributed by atoms with E-state index >= 15 is 0 Å². The Kier molecular flexibility index (Phi) is 2.82. The number of rotatable bonds is 2. The van der Waals surface area contributed by atoms with E-state index in [1.165, 1.54) is 19.2 Å². The third-order valence-electron chi connectivity index (χ3n) is 2.49. The Hall–Kier alpha value is -1.56. The van der Waals surface area contributed by atoms with E-state index in [1.54, 1.807) is 0 Å². The van der Waals surface area contributed by atoms with Gasteiger partial charge in [-0.2, -0.15) is 13.2 Å². The molecule has 0 aromatic heterocycles. The molecule has 1 aliphatic heterocycles. The molecule has 2 atom stereocenters. The molecule has 3 nitrogen and oxygen atoms in total. The second kappa shape index (κ2) is 4.03. The molecule has 17 heavy (non-hydrogen) atoms. The monoisotopic (exact) mass is 246 g/mol. The van der Waals surface area contributed by atoms with Gasteiger partial charge >= 0.3 is 12.1 Å². The first-order valence-corrected chi connectivity index (χ1v) is 4.84. The molecule has 2 rings (SSSR count). The number of halogens is 3. The summed E-state index contributed by atoms with van der Waals surface area (Å²) < 4.78 is 46.4. The van der Waals surface area contributed by atoms with E-state index < -0.39 is 29.9 Å². The second-order valence-electron chi connectivity index (χ2n) is 3.62. The van der Waals surface area contributed by atoms with Crippen LogP contribution in [0.25, 0.3) is 0 Å². The standard InChI is InChI=1S/C11H9F3O3/c1-16-10(15)9-8(17-9)6-2-4-7(5-3-6)11(12,13)14/h2-5,8-9H,1H3/t8-,9-/m1/s1. The van der Waals surface area contributed by atoms with Crippen LogP contribution in [0.1, 0.15) is 17.2 Å². The number of carbonyl (C=O) groups is 1. The Morgan fingerprint density at radius 2 is 1.88 bits per heavy atom. The minimum atomic E-state index is -4.36. The zero-order valence-corrected chi connectivity index (χ0v) is 8.82. The van der Waals surface area contributed by atoms with Crippen molar-refractivity contribution >= 4 is 5.97 Å². The molecule has 0 saturated carbocycles. The normalized spacial score (nSPS) is 23.3. The molecule has 1 aromatic carbocycles. The maximum atomic E-state index is 12.3. The van der Waals surface area contributed by atoms with Crippen LogP contribution >= 0.6 is 0 Å². The van der Waals surface area contributed by atoms with Crippen molar-refractivity contribution in [2.24, 2.45) is 0 Å². The number of benzene rings is 1. The maximum Gasteiger partial charge on any atom is 0.416 e. The summed E-state index contributed by atoms with van der Waals surface area (Å²) in [5, 5.41) is 0. The first-order valence-electron chi connectivity index (χ1n) is 4.84. The Morgan fingerprint density at radius 3 is 2.35 bits per heavy atom. The first kappa shape index (κ1) is 11.9. The summed E-state index contributed by atoms with van der Waals surface area (Å²) in [4.78, 5) is 11.1. The van der Waals surface area contributed by atoms with Gasteiger partial charge in [0, 0.05) is 0 Å². The van der Waals surface area contributed by atoms with Gasteiger partial charge in [0.05, 0.1) is 12.7 Å². The van der Waals surface area contributed by atoms with Crippen LogP contribution in [0.2, 0.25) is 0 Å². The highest BCUT2D eigenvalue weighted by atomic mass is 19.4. The lowest BCUT2D eigenvalue weighted by atomic mass is 10.1. The van der Waals surface area contributed by atoms with E-state index in [0.717, 1.165) is 12.1 Å². The number of methoxy groups -OCH3 is 1. The fraction of sp³-hybridized carbons (Fsp3) is 0.364. The molecule has 0 unspecified atom stereocenters. The Labute approximate surface area is 95.1 Å². The minimum Gasteiger partial charge on any atom is -0.467 e. The summed E-state index contributed by atoms with van der Waals surface area (Å²) in [5.41, 5.74) is -0.190. The van der Waals surface area contributed by atoms with E-state index in [-0.39, 0.29) is 0 Å². The average Bonchev–Trinajstić information content (AvgIpc) is 3.07. The average molecular weight is 246 g/mol. The van der Waals surface area contributed by atoms with E-state index in [9.17, 15) is 18.0 Å². The van der Waals surface area contributed by atoms with Crippen molar-refractivity contribution in [3.8, 4) is 0 Å². The summed E-state index contributed by atoms with van der Waals surface area (Å²) in [7, 11) is 1.23. The van der Waals surface area contributed by atoms with Gasteiger partial charge < -0.3 is 9.47 Å². The van der Waals surface area contributed by atoms with E-state index in [1.807, 2.05) is 0 Å². The lowest BCUT2D eigenvalue weighted by Gasteiger charge is -2.06. The molecule has 92 valence electrons. The SMILES string of the molecule is COC(=O)[C@@H]1O[C@@H]1c1ccc(C(F)(F)F)cc1. The summed E-state index contributed by atoms with van der Waals surface area (Å²) in [6.07, 6.45) is -5.55. The van der Waals surface area contributed by atoms with Crippen molar-refractivity contribution in [1.82, 2.24) is 0 Å². The maximum absolute atomic E-state index is 12.3. The van der Waals surface area contributed by atoms with Gasteiger partial charge in [-0.25, -0.2) is 4.79 Å². The lowest BCUT2D eigenvalue weighted by Crippen LogP contribution is -2.09. The Morgan fingerprint density at radius 1 is 1.29 bits per heavy atom. The van der Waals surface area contributed by atoms with Crippen molar-refractivity contribution in [3.63, 3.8) is 0 Å². The third-order valence-corrected chi connectivity index (χ3v) is 2.49. The van der Waals surface area contributed by atoms with Crippen molar-refractivity contribution in [1.29, 1.82) is 0 Å². The van der Waals surface area contributed by atoms with Crippen molar-refractivity contribution in [2.75, 3.05) is 7.11 Å². The molecular weight excluding hydrogens is 237 g/mol. The summed E-state index contributed by atoms with van der Waals surface area (Å²) in [6, 6.07) is 4.53. The fourth-order valence-electron chi connectivity index (χ4n) is 1.52. The molecule has 1 fully saturated rings. The van der Waals surface area contributed by atoms with Gasteiger partial charge in [0.25, 0.3) is 0 Å². The molecule has 0 radical (unpaired) electrons. The summed E-state index contributed by atoms with van der Waals surface area (Å²) in [6.45, 7) is 0. The number of hydrogen-bond donors (Lipinski definition) is 0. The number of alkyl halides is 3. The minimum absolute atomic E-state index is 0.496. The van der Waals surface area contributed by atoms with Crippen molar-refractivity contribution < 1.29 is 27.4 Å². The second-order valence-corrected chi connectivity index (χ2v) is 3.62. The van der Waals surface area contributed by atoms with E-state index in [0.29, 0.717) is 5.56 Å². The van der Waals surface area contributed by atoms with Gasteiger partial charge in [-0.1, -0.05) is 12.1 Å². The highest BCUT2D eigenvalue weighted by molar-refractivity contribution is 5.78. The van der Waals surface area contributed by atoms with Crippen LogP contribution < -0.4 is 0 Å². The van der Waals surface area contributed by atoms with Crippen LogP contribution in [0.3, 0.4) is 0 Å². The number of esters is 1. The Bertz CT molecular complexity index is 425. The van der Waals surface area contributed by atoms with Crippen molar-refractivity contribution in [2.45, 2.75) is 18.4 Å². The Balaban J connectivity index is 2.08. The molecule has 6 heteroatoms. The molecule has 1 saturated heterocycles. The predicted molar refractivity (Wildman–Crippen MR) is 51.1 cm³/mol. The highest BCUT2D eigenvalue weighted by Crippen LogP contribution is 2.40. The smallest absolute Gasteiger partial charge is 0.416 e. The number of hydrogen-bond acceptors (Lipinski definition) is 3. The quantitative estimate of drug-likeness (QED) is 0.593. The van der Waals surface area contributed by atoms with Crippen LogP contribution in [0.15, 0.2) is 24.3 Å². The van der Waals surface area contributed by atoms with Crippen LogP contribution in [-0.2, 0) is 20.4 Å². The molecule has 0 bridgehead atoms. The topological polar surface area (TPSA) is 38.8 Å². The molecule has 1 heterocycles. The molecular formula is C11H9F3O3. The first-order chi connectivity index (χ1) is 7.93. The van der Waals surface area contributed by atoms with Crippen LogP contribution in [0, 0.1) is 0 Å². The lowest BCUT2D eigenvalue weighted by molar-refractivity contribution is -0.142. The van der Waals surface area contributed by atoms with Crippen molar-refractivity contribution in [3.05, 3.63) is 35.4 Å². The zero-order valence-electron chi connectivity index (χ0n) is 8.82. The van der Waals surface area contributed by atoms with E-state index in [4.69, 9.17) is 4.74 Å². The van der Waals surface area contributed by atoms with Gasteiger partial charge in [0.1, 0.15) is 6.10 Å². The molecule has 0 N–H and O–H groups in total. The molecule has 0 amide bonds. The summed E-state index contributed by atoms with van der Waals surface area (Å²) in [5.74, 6) is -0.519. The number of carbonyl (C=O) groups excluding carboxylic acids is 1. The van der Waals surface area contributed by atoms with Gasteiger partial charge in [-0.15, -0.1) is 0 Å². The zero-order chi connectivity index (χ0) is 12.6. The van der Waals surface area contributed by atoms with Gasteiger partial charge in [0.15, 0.2) is 6.10 Å². The van der Waals surface area contributed by atoms with Crippen LogP contribution in [-0.4, -0.2) is 19.2 Å². The fourth-order valence-corrected chi connectivity index (χ4v) is 1.52. The van der Waals surface area contributed by atoms with Crippen LogP contribution in [0.4, 0.5) is 13.2 Å². The summed E-state index contributed by atoms with van der Waals surface area (Å²) >= 11 is 0. The molecule has 0 aliphatic carbocycles. The third kappa shape index (κ3) is 2.41. The van der Waals surface area contributed by atoms with Crippen LogP contribution in [0.5, 0.6) is 0 Å². The van der Waals surface area contributed by atoms with E-state index in [2.05, 4.69) is 4.74 Å². The van der Waals surface area contributed by atoms with Gasteiger partial charge in [0.2, 0.25) is 0 Å². The number of epoxide rings is 1. The number of ether oxygens (including phenoxy) is 2. The molecule has 1 aromatic rings. The van der Waals surface area contributed by atoms with Gasteiger partial charge in [-0.05, 0) is 17.7 Å².